The molecule has 1 aromatic rings. The minimum Gasteiger partial charge on any atom is -0.444 e. The molecule has 0 bridgehead atoms. The molecule has 88 valence electrons. The number of anilines is 1. The van der Waals surface area contributed by atoms with E-state index in [1.807, 2.05) is 6.92 Å². The maximum absolute atomic E-state index is 11.7. The Bertz CT molecular complexity index is 521. The average Bonchev–Trinajstić information content (AvgIpc) is 2.50. The van der Waals surface area contributed by atoms with Crippen LogP contribution in [0.4, 0.5) is 5.69 Å². The Labute approximate surface area is 98.0 Å². The van der Waals surface area contributed by atoms with Crippen LogP contribution < -0.4 is 4.90 Å². The number of hydrogen-bond donors (Lipinski definition) is 0. The second kappa shape index (κ2) is 4.01. The van der Waals surface area contributed by atoms with Crippen molar-refractivity contribution in [3.05, 3.63) is 29.3 Å². The van der Waals surface area contributed by atoms with Crippen molar-refractivity contribution in [2.24, 2.45) is 0 Å². The zero-order valence-electron chi connectivity index (χ0n) is 9.52. The van der Waals surface area contributed by atoms with Crippen molar-refractivity contribution in [1.82, 2.24) is 0 Å². The molecule has 2 rings (SSSR count). The topological polar surface area (TPSA) is 63.7 Å². The number of nitrogens with zero attached hydrogens (tertiary/aromatic N) is 1. The lowest BCUT2D eigenvalue weighted by molar-refractivity contribution is -0.141. The molecule has 1 aliphatic heterocycles. The van der Waals surface area contributed by atoms with E-state index >= 15 is 0 Å². The number of esters is 1. The first-order valence-electron chi connectivity index (χ1n) is 5.11. The first-order chi connectivity index (χ1) is 8.00. The molecule has 0 atom stereocenters. The fourth-order valence-electron chi connectivity index (χ4n) is 1.70. The van der Waals surface area contributed by atoms with E-state index in [0.717, 1.165) is 5.56 Å². The molecule has 5 heteroatoms. The van der Waals surface area contributed by atoms with Gasteiger partial charge in [0.05, 0.1) is 11.3 Å². The number of ether oxygens (including phenoxy) is 1. The van der Waals surface area contributed by atoms with Crippen molar-refractivity contribution in [3.63, 3.8) is 0 Å². The zero-order valence-corrected chi connectivity index (χ0v) is 9.52. The van der Waals surface area contributed by atoms with Gasteiger partial charge in [-0.1, -0.05) is 11.6 Å². The highest BCUT2D eigenvalue weighted by Crippen LogP contribution is 2.29. The average molecular weight is 233 g/mol. The largest absolute Gasteiger partial charge is 0.444 e. The maximum atomic E-state index is 11.7. The Balaban J connectivity index is 2.34. The quantitative estimate of drug-likeness (QED) is 0.565. The summed E-state index contributed by atoms with van der Waals surface area (Å²) in [4.78, 5) is 35.2. The summed E-state index contributed by atoms with van der Waals surface area (Å²) in [7, 11) is 0. The highest BCUT2D eigenvalue weighted by Gasteiger charge is 2.36. The first kappa shape index (κ1) is 11.3. The third-order valence-electron chi connectivity index (χ3n) is 2.52. The van der Waals surface area contributed by atoms with Crippen LogP contribution >= 0.6 is 0 Å². The van der Waals surface area contributed by atoms with Crippen LogP contribution in [0.2, 0.25) is 0 Å². The van der Waals surface area contributed by atoms with E-state index in [-0.39, 0.29) is 6.73 Å². The Kier molecular flexibility index (Phi) is 2.67. The van der Waals surface area contributed by atoms with Crippen LogP contribution in [0.25, 0.3) is 0 Å². The van der Waals surface area contributed by atoms with Gasteiger partial charge in [-0.15, -0.1) is 0 Å². The molecule has 1 aliphatic rings. The molecule has 0 aliphatic carbocycles. The summed E-state index contributed by atoms with van der Waals surface area (Å²) >= 11 is 0. The summed E-state index contributed by atoms with van der Waals surface area (Å²) in [6, 6.07) is 5.13. The Hall–Kier alpha value is -2.17. The number of carbonyl (C=O) groups is 3. The van der Waals surface area contributed by atoms with Crippen molar-refractivity contribution in [3.8, 4) is 0 Å². The van der Waals surface area contributed by atoms with Crippen LogP contribution in [-0.4, -0.2) is 24.4 Å². The lowest BCUT2D eigenvalue weighted by Crippen LogP contribution is -2.32. The number of rotatable bonds is 2. The van der Waals surface area contributed by atoms with Gasteiger partial charge < -0.3 is 4.74 Å². The van der Waals surface area contributed by atoms with E-state index in [0.29, 0.717) is 11.3 Å². The molecule has 1 heterocycles. The second-order valence-electron chi connectivity index (χ2n) is 3.85. The summed E-state index contributed by atoms with van der Waals surface area (Å²) in [6.45, 7) is 2.86. The summed E-state index contributed by atoms with van der Waals surface area (Å²) in [5.74, 6) is -1.71. The predicted molar refractivity (Wildman–Crippen MR) is 59.6 cm³/mol. The fourth-order valence-corrected chi connectivity index (χ4v) is 1.70. The highest BCUT2D eigenvalue weighted by molar-refractivity contribution is 6.52. The SMILES string of the molecule is CC(=O)OCN1C(=O)C(=O)c2cc(C)ccc21. The molecular formula is C12H11NO4. The number of hydrogen-bond acceptors (Lipinski definition) is 4. The van der Waals surface area contributed by atoms with E-state index in [9.17, 15) is 14.4 Å². The molecule has 0 fully saturated rings. The van der Waals surface area contributed by atoms with Gasteiger partial charge in [-0.2, -0.15) is 0 Å². The van der Waals surface area contributed by atoms with Gasteiger partial charge in [0.2, 0.25) is 0 Å². The van der Waals surface area contributed by atoms with Gasteiger partial charge in [0.1, 0.15) is 0 Å². The Morgan fingerprint density at radius 1 is 1.35 bits per heavy atom. The number of benzene rings is 1. The van der Waals surface area contributed by atoms with Gasteiger partial charge >= 0.3 is 11.9 Å². The lowest BCUT2D eigenvalue weighted by atomic mass is 10.1. The van der Waals surface area contributed by atoms with Gasteiger partial charge in [-0.3, -0.25) is 19.3 Å². The highest BCUT2D eigenvalue weighted by atomic mass is 16.5. The smallest absolute Gasteiger partial charge is 0.304 e. The number of aryl methyl sites for hydroxylation is 1. The van der Waals surface area contributed by atoms with Crippen LogP contribution in [0.1, 0.15) is 22.8 Å². The van der Waals surface area contributed by atoms with Gasteiger partial charge in [-0.05, 0) is 19.1 Å². The molecule has 5 nitrogen and oxygen atoms in total. The molecule has 0 radical (unpaired) electrons. The number of ketones is 1. The van der Waals surface area contributed by atoms with Crippen LogP contribution in [0, 0.1) is 6.92 Å². The van der Waals surface area contributed by atoms with Crippen LogP contribution in [0.15, 0.2) is 18.2 Å². The van der Waals surface area contributed by atoms with Gasteiger partial charge in [0, 0.05) is 6.92 Å². The minimum absolute atomic E-state index is 0.226. The number of Topliss-reactive ketones (excluding diaryl/α,β-unsaturated/α-hetero) is 1. The molecule has 0 aromatic heterocycles. The standard InChI is InChI=1S/C12H11NO4/c1-7-3-4-10-9(5-7)11(15)12(16)13(10)6-17-8(2)14/h3-5H,6H2,1-2H3. The van der Waals surface area contributed by atoms with E-state index < -0.39 is 17.7 Å². The first-order valence-corrected chi connectivity index (χ1v) is 5.11. The molecule has 1 aromatic carbocycles. The number of carbonyl (C=O) groups excluding carboxylic acids is 3. The number of amides is 1. The third-order valence-corrected chi connectivity index (χ3v) is 2.52. The van der Waals surface area contributed by atoms with E-state index in [1.165, 1.54) is 11.8 Å². The number of fused-ring (bicyclic) bond motifs is 1. The fraction of sp³-hybridized carbons (Fsp3) is 0.250. The van der Waals surface area contributed by atoms with Gasteiger partial charge in [0.15, 0.2) is 6.73 Å². The third kappa shape index (κ3) is 1.91. The van der Waals surface area contributed by atoms with Gasteiger partial charge in [-0.25, -0.2) is 0 Å². The van der Waals surface area contributed by atoms with Crippen molar-refractivity contribution >= 4 is 23.3 Å². The molecule has 0 unspecified atom stereocenters. The molecule has 0 saturated carbocycles. The molecule has 0 saturated heterocycles. The summed E-state index contributed by atoms with van der Waals surface area (Å²) in [5.41, 5.74) is 1.76. The summed E-state index contributed by atoms with van der Waals surface area (Å²) in [6.07, 6.45) is 0. The maximum Gasteiger partial charge on any atom is 0.304 e. The normalized spacial score (nSPS) is 13.9. The van der Waals surface area contributed by atoms with E-state index in [2.05, 4.69) is 0 Å². The van der Waals surface area contributed by atoms with E-state index in [4.69, 9.17) is 4.74 Å². The molecule has 0 N–H and O–H groups in total. The monoisotopic (exact) mass is 233 g/mol. The predicted octanol–water partition coefficient (Wildman–Crippen LogP) is 1.04. The lowest BCUT2D eigenvalue weighted by Gasteiger charge is -2.15. The van der Waals surface area contributed by atoms with Crippen molar-refractivity contribution in [2.75, 3.05) is 11.6 Å². The zero-order chi connectivity index (χ0) is 12.6. The minimum atomic E-state index is -0.660. The van der Waals surface area contributed by atoms with Crippen molar-refractivity contribution < 1.29 is 19.1 Å². The molecule has 0 spiro atoms. The molecule has 17 heavy (non-hydrogen) atoms. The van der Waals surface area contributed by atoms with Crippen LogP contribution in [-0.2, 0) is 14.3 Å². The summed E-state index contributed by atoms with van der Waals surface area (Å²) < 4.78 is 4.75. The van der Waals surface area contributed by atoms with Crippen molar-refractivity contribution in [2.45, 2.75) is 13.8 Å². The van der Waals surface area contributed by atoms with Crippen molar-refractivity contribution in [1.29, 1.82) is 0 Å². The van der Waals surface area contributed by atoms with E-state index in [1.54, 1.807) is 18.2 Å². The summed E-state index contributed by atoms with van der Waals surface area (Å²) in [5, 5.41) is 0. The Morgan fingerprint density at radius 2 is 2.06 bits per heavy atom. The van der Waals surface area contributed by atoms with Gasteiger partial charge in [0.25, 0.3) is 5.78 Å². The van der Waals surface area contributed by atoms with Crippen LogP contribution in [0.5, 0.6) is 0 Å². The molecular weight excluding hydrogens is 222 g/mol. The van der Waals surface area contributed by atoms with Crippen LogP contribution in [0.3, 0.4) is 0 Å². The second-order valence-corrected chi connectivity index (χ2v) is 3.85. The Morgan fingerprint density at radius 3 is 2.71 bits per heavy atom. The molecule has 1 amide bonds.